The lowest BCUT2D eigenvalue weighted by molar-refractivity contribution is -0.144. The molecule has 1 aliphatic heterocycles. The van der Waals surface area contributed by atoms with Gasteiger partial charge in [-0.2, -0.15) is 0 Å². The standard InChI is InChI=1S/C16H24N2O2/c1-3-20-15(14-7-5-4-6-8-14)16(19)18-11-13(10-17)9-12(18)2/h4-8,12-13,15H,3,9-11,17H2,1-2H3. The van der Waals surface area contributed by atoms with Crippen molar-refractivity contribution in [3.63, 3.8) is 0 Å². The average Bonchev–Trinajstić information content (AvgIpc) is 2.86. The molecule has 1 aromatic carbocycles. The Balaban J connectivity index is 2.15. The first-order valence-electron chi connectivity index (χ1n) is 7.34. The molecule has 1 saturated heterocycles. The Morgan fingerprint density at radius 2 is 2.15 bits per heavy atom. The summed E-state index contributed by atoms with van der Waals surface area (Å²) in [5.41, 5.74) is 6.65. The maximum Gasteiger partial charge on any atom is 0.256 e. The fourth-order valence-corrected chi connectivity index (χ4v) is 2.88. The molecule has 4 nitrogen and oxygen atoms in total. The Labute approximate surface area is 120 Å². The minimum absolute atomic E-state index is 0.0569. The van der Waals surface area contributed by atoms with Crippen LogP contribution in [0.5, 0.6) is 0 Å². The van der Waals surface area contributed by atoms with Crippen molar-refractivity contribution in [2.45, 2.75) is 32.4 Å². The van der Waals surface area contributed by atoms with E-state index < -0.39 is 6.10 Å². The first-order valence-corrected chi connectivity index (χ1v) is 7.34. The number of rotatable bonds is 5. The number of nitrogens with zero attached hydrogens (tertiary/aromatic N) is 1. The molecular formula is C16H24N2O2. The molecule has 0 saturated carbocycles. The van der Waals surface area contributed by atoms with Gasteiger partial charge < -0.3 is 15.4 Å². The fraction of sp³-hybridized carbons (Fsp3) is 0.562. The minimum Gasteiger partial charge on any atom is -0.364 e. The number of carbonyl (C=O) groups excluding carboxylic acids is 1. The molecule has 4 heteroatoms. The van der Waals surface area contributed by atoms with E-state index >= 15 is 0 Å². The van der Waals surface area contributed by atoms with E-state index in [4.69, 9.17) is 10.5 Å². The van der Waals surface area contributed by atoms with Gasteiger partial charge in [0.1, 0.15) is 0 Å². The predicted molar refractivity (Wildman–Crippen MR) is 79.1 cm³/mol. The molecule has 110 valence electrons. The van der Waals surface area contributed by atoms with Crippen LogP contribution in [0.15, 0.2) is 30.3 Å². The second-order valence-electron chi connectivity index (χ2n) is 5.42. The van der Waals surface area contributed by atoms with Crippen LogP contribution >= 0.6 is 0 Å². The van der Waals surface area contributed by atoms with Crippen LogP contribution in [0.25, 0.3) is 0 Å². The number of likely N-dealkylation sites (tertiary alicyclic amines) is 1. The van der Waals surface area contributed by atoms with Crippen molar-refractivity contribution in [1.82, 2.24) is 4.90 Å². The van der Waals surface area contributed by atoms with E-state index in [1.807, 2.05) is 42.2 Å². The molecule has 0 bridgehead atoms. The summed E-state index contributed by atoms with van der Waals surface area (Å²) in [4.78, 5) is 14.7. The zero-order chi connectivity index (χ0) is 14.5. The van der Waals surface area contributed by atoms with Gasteiger partial charge in [0.25, 0.3) is 5.91 Å². The number of carbonyl (C=O) groups is 1. The molecule has 0 aromatic heterocycles. The van der Waals surface area contributed by atoms with Crippen molar-refractivity contribution >= 4 is 5.91 Å². The smallest absolute Gasteiger partial charge is 0.256 e. The number of hydrogen-bond donors (Lipinski definition) is 1. The Morgan fingerprint density at radius 1 is 1.45 bits per heavy atom. The second kappa shape index (κ2) is 6.86. The summed E-state index contributed by atoms with van der Waals surface area (Å²) in [7, 11) is 0. The third kappa shape index (κ3) is 3.19. The van der Waals surface area contributed by atoms with Gasteiger partial charge in [0.2, 0.25) is 0 Å². The quantitative estimate of drug-likeness (QED) is 0.894. The van der Waals surface area contributed by atoms with Crippen LogP contribution in [0.2, 0.25) is 0 Å². The number of nitrogens with two attached hydrogens (primary N) is 1. The van der Waals surface area contributed by atoms with E-state index in [0.717, 1.165) is 18.5 Å². The van der Waals surface area contributed by atoms with Crippen molar-refractivity contribution in [3.05, 3.63) is 35.9 Å². The summed E-state index contributed by atoms with van der Waals surface area (Å²) in [5.74, 6) is 0.466. The van der Waals surface area contributed by atoms with Crippen molar-refractivity contribution in [2.24, 2.45) is 11.7 Å². The molecule has 3 atom stereocenters. The molecule has 1 amide bonds. The predicted octanol–water partition coefficient (Wildman–Crippen LogP) is 1.96. The van der Waals surface area contributed by atoms with Gasteiger partial charge in [-0.05, 0) is 38.3 Å². The summed E-state index contributed by atoms with van der Waals surface area (Å²) in [6.45, 7) is 5.90. The monoisotopic (exact) mass is 276 g/mol. The van der Waals surface area contributed by atoms with Gasteiger partial charge in [0.05, 0.1) is 0 Å². The van der Waals surface area contributed by atoms with Crippen LogP contribution in [-0.2, 0) is 9.53 Å². The summed E-state index contributed by atoms with van der Waals surface area (Å²) in [6, 6.07) is 9.94. The van der Waals surface area contributed by atoms with Crippen molar-refractivity contribution in [1.29, 1.82) is 0 Å². The van der Waals surface area contributed by atoms with Gasteiger partial charge in [-0.3, -0.25) is 4.79 Å². The maximum absolute atomic E-state index is 12.8. The van der Waals surface area contributed by atoms with Crippen molar-refractivity contribution in [2.75, 3.05) is 19.7 Å². The van der Waals surface area contributed by atoms with Gasteiger partial charge >= 0.3 is 0 Å². The van der Waals surface area contributed by atoms with Crippen molar-refractivity contribution < 1.29 is 9.53 Å². The summed E-state index contributed by atoms with van der Waals surface area (Å²) < 4.78 is 5.70. The topological polar surface area (TPSA) is 55.6 Å². The maximum atomic E-state index is 12.8. The van der Waals surface area contributed by atoms with Gasteiger partial charge in [-0.1, -0.05) is 30.3 Å². The molecule has 0 aliphatic carbocycles. The number of benzene rings is 1. The molecule has 1 aromatic rings. The van der Waals surface area contributed by atoms with Gasteiger partial charge in [-0.15, -0.1) is 0 Å². The highest BCUT2D eigenvalue weighted by Crippen LogP contribution is 2.28. The highest BCUT2D eigenvalue weighted by Gasteiger charge is 2.35. The normalized spacial score (nSPS) is 23.9. The van der Waals surface area contributed by atoms with Crippen LogP contribution in [0.4, 0.5) is 0 Å². The van der Waals surface area contributed by atoms with Crippen LogP contribution in [0.1, 0.15) is 31.9 Å². The van der Waals surface area contributed by atoms with E-state index in [2.05, 4.69) is 6.92 Å². The molecule has 0 spiro atoms. The lowest BCUT2D eigenvalue weighted by Gasteiger charge is -2.27. The van der Waals surface area contributed by atoms with Crippen LogP contribution < -0.4 is 5.73 Å². The van der Waals surface area contributed by atoms with E-state index in [9.17, 15) is 4.79 Å². The average molecular weight is 276 g/mol. The fourth-order valence-electron chi connectivity index (χ4n) is 2.88. The molecule has 20 heavy (non-hydrogen) atoms. The van der Waals surface area contributed by atoms with E-state index in [0.29, 0.717) is 19.1 Å². The molecule has 1 fully saturated rings. The van der Waals surface area contributed by atoms with Crippen LogP contribution in [0, 0.1) is 5.92 Å². The molecule has 0 radical (unpaired) electrons. The summed E-state index contributed by atoms with van der Waals surface area (Å²) in [6.07, 6.45) is 0.482. The van der Waals surface area contributed by atoms with E-state index in [-0.39, 0.29) is 11.9 Å². The first-order chi connectivity index (χ1) is 9.67. The highest BCUT2D eigenvalue weighted by molar-refractivity contribution is 5.83. The Hall–Kier alpha value is -1.39. The lowest BCUT2D eigenvalue weighted by atomic mass is 10.1. The van der Waals surface area contributed by atoms with Gasteiger partial charge in [0, 0.05) is 19.2 Å². The van der Waals surface area contributed by atoms with E-state index in [1.165, 1.54) is 0 Å². The zero-order valence-corrected chi connectivity index (χ0v) is 12.3. The lowest BCUT2D eigenvalue weighted by Crippen LogP contribution is -2.38. The van der Waals surface area contributed by atoms with Gasteiger partial charge in [0.15, 0.2) is 6.10 Å². The van der Waals surface area contributed by atoms with Gasteiger partial charge in [-0.25, -0.2) is 0 Å². The molecule has 2 rings (SSSR count). The Morgan fingerprint density at radius 3 is 2.70 bits per heavy atom. The zero-order valence-electron chi connectivity index (χ0n) is 12.3. The SMILES string of the molecule is CCOC(C(=O)N1CC(CN)CC1C)c1ccccc1. The number of amides is 1. The molecular weight excluding hydrogens is 252 g/mol. The third-order valence-electron chi connectivity index (χ3n) is 3.94. The first kappa shape index (κ1) is 15.0. The Bertz CT molecular complexity index is 435. The van der Waals surface area contributed by atoms with Crippen molar-refractivity contribution in [3.8, 4) is 0 Å². The molecule has 1 heterocycles. The second-order valence-corrected chi connectivity index (χ2v) is 5.42. The van der Waals surface area contributed by atoms with Crippen LogP contribution in [0.3, 0.4) is 0 Å². The summed E-state index contributed by atoms with van der Waals surface area (Å²) in [5, 5.41) is 0. The number of hydrogen-bond acceptors (Lipinski definition) is 3. The highest BCUT2D eigenvalue weighted by atomic mass is 16.5. The number of ether oxygens (including phenoxy) is 1. The van der Waals surface area contributed by atoms with Crippen LogP contribution in [-0.4, -0.2) is 36.5 Å². The largest absolute Gasteiger partial charge is 0.364 e. The molecule has 1 aliphatic rings. The molecule has 2 N–H and O–H groups in total. The summed E-state index contributed by atoms with van der Waals surface area (Å²) >= 11 is 0. The minimum atomic E-state index is -0.500. The third-order valence-corrected chi connectivity index (χ3v) is 3.94. The van der Waals surface area contributed by atoms with E-state index in [1.54, 1.807) is 0 Å². The molecule has 3 unspecified atom stereocenters. The Kier molecular flexibility index (Phi) is 5.15.